The molecule has 0 aromatic rings. The van der Waals surface area contributed by atoms with E-state index in [4.69, 9.17) is 4.74 Å². The van der Waals surface area contributed by atoms with Gasteiger partial charge in [-0.1, -0.05) is 19.9 Å². The molecular weight excluding hydrogens is 244 g/mol. The predicted molar refractivity (Wildman–Crippen MR) is 69.2 cm³/mol. The second-order valence-corrected chi connectivity index (χ2v) is 7.03. The Morgan fingerprint density at radius 2 is 2.05 bits per heavy atom. The van der Waals surface area contributed by atoms with E-state index in [1.807, 2.05) is 6.92 Å². The van der Waals surface area contributed by atoms with Gasteiger partial charge in [-0.2, -0.15) is 0 Å². The lowest BCUT2D eigenvalue weighted by Crippen LogP contribution is -2.60. The first-order chi connectivity index (χ1) is 8.76. The Labute approximate surface area is 113 Å². The van der Waals surface area contributed by atoms with Gasteiger partial charge in [-0.15, -0.1) is 0 Å². The van der Waals surface area contributed by atoms with Gasteiger partial charge in [0, 0.05) is 11.5 Å². The van der Waals surface area contributed by atoms with E-state index in [1.54, 1.807) is 0 Å². The van der Waals surface area contributed by atoms with Crippen molar-refractivity contribution >= 4 is 5.97 Å². The summed E-state index contributed by atoms with van der Waals surface area (Å²) in [6.45, 7) is 7.69. The van der Waals surface area contributed by atoms with E-state index in [0.29, 0.717) is 12.0 Å². The molecule has 106 valence electrons. The average Bonchev–Trinajstić information content (AvgIpc) is 2.52. The van der Waals surface area contributed by atoms with Crippen molar-refractivity contribution in [3.05, 3.63) is 12.2 Å². The summed E-state index contributed by atoms with van der Waals surface area (Å²) in [6, 6.07) is 0. The number of ether oxygens (including phenoxy) is 1. The molecule has 1 aliphatic heterocycles. The molecule has 2 N–H and O–H groups in total. The molecule has 2 saturated carbocycles. The fraction of sp³-hybridized carbons (Fsp3) is 0.800. The molecule has 0 amide bonds. The van der Waals surface area contributed by atoms with Crippen LogP contribution in [-0.4, -0.2) is 34.0 Å². The lowest BCUT2D eigenvalue weighted by atomic mass is 9.51. The minimum atomic E-state index is -0.846. The van der Waals surface area contributed by atoms with Crippen LogP contribution in [0.5, 0.6) is 0 Å². The molecule has 0 aromatic heterocycles. The minimum absolute atomic E-state index is 0.120. The third-order valence-corrected chi connectivity index (χ3v) is 5.53. The van der Waals surface area contributed by atoms with Crippen molar-refractivity contribution in [3.8, 4) is 0 Å². The molecule has 0 unspecified atom stereocenters. The number of esters is 1. The normalized spacial score (nSPS) is 53.5. The summed E-state index contributed by atoms with van der Waals surface area (Å²) in [7, 11) is 0. The topological polar surface area (TPSA) is 66.8 Å². The van der Waals surface area contributed by atoms with E-state index in [-0.39, 0.29) is 17.3 Å². The van der Waals surface area contributed by atoms with Gasteiger partial charge >= 0.3 is 5.97 Å². The Morgan fingerprint density at radius 3 is 2.74 bits per heavy atom. The van der Waals surface area contributed by atoms with Gasteiger partial charge in [0.2, 0.25) is 0 Å². The second-order valence-electron chi connectivity index (χ2n) is 7.03. The number of carbonyl (C=O) groups is 1. The lowest BCUT2D eigenvalue weighted by molar-refractivity contribution is -0.197. The fourth-order valence-corrected chi connectivity index (χ4v) is 4.83. The molecule has 0 spiro atoms. The molecule has 1 heterocycles. The Hall–Kier alpha value is -0.870. The largest absolute Gasteiger partial charge is 0.458 e. The summed E-state index contributed by atoms with van der Waals surface area (Å²) in [5.41, 5.74) is -0.658. The van der Waals surface area contributed by atoms with Crippen LogP contribution < -0.4 is 0 Å². The molecule has 4 heteroatoms. The summed E-state index contributed by atoms with van der Waals surface area (Å²) in [4.78, 5) is 11.8. The first-order valence-corrected chi connectivity index (χ1v) is 7.06. The third kappa shape index (κ3) is 1.69. The molecule has 3 aliphatic rings. The molecule has 1 saturated heterocycles. The Morgan fingerprint density at radius 1 is 1.37 bits per heavy atom. The van der Waals surface area contributed by atoms with Crippen molar-refractivity contribution < 1.29 is 19.7 Å². The van der Waals surface area contributed by atoms with Crippen LogP contribution >= 0.6 is 0 Å². The van der Waals surface area contributed by atoms with Gasteiger partial charge in [-0.05, 0) is 31.6 Å². The second kappa shape index (κ2) is 3.83. The molecule has 0 radical (unpaired) electrons. The molecular formula is C15H22O4. The van der Waals surface area contributed by atoms with Gasteiger partial charge in [-0.3, -0.25) is 0 Å². The van der Waals surface area contributed by atoms with Crippen LogP contribution in [-0.2, 0) is 9.53 Å². The quantitative estimate of drug-likeness (QED) is 0.514. The molecule has 3 fully saturated rings. The molecule has 0 aromatic carbocycles. The van der Waals surface area contributed by atoms with E-state index < -0.39 is 23.8 Å². The smallest absolute Gasteiger partial charge is 0.334 e. The number of rotatable bonds is 0. The van der Waals surface area contributed by atoms with E-state index >= 15 is 0 Å². The van der Waals surface area contributed by atoms with E-state index in [0.717, 1.165) is 19.3 Å². The molecule has 6 atom stereocenters. The maximum absolute atomic E-state index is 11.8. The molecule has 3 rings (SSSR count). The van der Waals surface area contributed by atoms with Crippen molar-refractivity contribution in [2.45, 2.75) is 57.3 Å². The Kier molecular flexibility index (Phi) is 2.64. The van der Waals surface area contributed by atoms with Crippen LogP contribution in [0.4, 0.5) is 0 Å². The number of aliphatic hydroxyl groups excluding tert-OH is 1. The number of hydrogen-bond acceptors (Lipinski definition) is 4. The monoisotopic (exact) mass is 266 g/mol. The maximum atomic E-state index is 11.8. The summed E-state index contributed by atoms with van der Waals surface area (Å²) < 4.78 is 5.46. The van der Waals surface area contributed by atoms with Crippen LogP contribution in [0.2, 0.25) is 0 Å². The van der Waals surface area contributed by atoms with Crippen molar-refractivity contribution in [1.29, 1.82) is 0 Å². The van der Waals surface area contributed by atoms with Gasteiger partial charge < -0.3 is 14.9 Å². The van der Waals surface area contributed by atoms with Crippen LogP contribution in [0.25, 0.3) is 0 Å². The van der Waals surface area contributed by atoms with Crippen LogP contribution in [0.15, 0.2) is 12.2 Å². The summed E-state index contributed by atoms with van der Waals surface area (Å²) in [5.74, 6) is -0.889. The predicted octanol–water partition coefficient (Wildman–Crippen LogP) is 1.41. The first-order valence-electron chi connectivity index (χ1n) is 7.06. The Bertz CT molecular complexity index is 441. The van der Waals surface area contributed by atoms with E-state index in [2.05, 4.69) is 13.5 Å². The van der Waals surface area contributed by atoms with Gasteiger partial charge in [0.1, 0.15) is 6.10 Å². The SMILES string of the molecule is C=C1C(=O)O[C@H]2[C@H]1[C@@H](O)C[C@@]1(C)CCC[C@@](C)(O)[C@H]21. The standard InChI is InChI=1S/C15H22O4/c1-8-10-9(16)7-14(2)5-4-6-15(3,18)12(14)11(10)19-13(8)17/h9-12,16,18H,1,4-7H2,2-3H3/t9-,10+,11-,12+,14+,15+/m0/s1. The fourth-order valence-electron chi connectivity index (χ4n) is 4.83. The zero-order chi connectivity index (χ0) is 14.0. The van der Waals surface area contributed by atoms with Crippen LogP contribution in [0.1, 0.15) is 39.5 Å². The summed E-state index contributed by atoms with van der Waals surface area (Å²) in [5, 5.41) is 21.1. The highest BCUT2D eigenvalue weighted by Gasteiger charge is 2.62. The van der Waals surface area contributed by atoms with Gasteiger partial charge in [-0.25, -0.2) is 4.79 Å². The number of aliphatic hydroxyl groups is 2. The zero-order valence-electron chi connectivity index (χ0n) is 11.6. The van der Waals surface area contributed by atoms with Crippen LogP contribution in [0.3, 0.4) is 0 Å². The first kappa shape index (κ1) is 13.1. The zero-order valence-corrected chi connectivity index (χ0v) is 11.6. The van der Waals surface area contributed by atoms with Gasteiger partial charge in [0.05, 0.1) is 17.6 Å². The molecule has 0 bridgehead atoms. The highest BCUT2D eigenvalue weighted by molar-refractivity contribution is 5.91. The lowest BCUT2D eigenvalue weighted by Gasteiger charge is -2.56. The summed E-state index contributed by atoms with van der Waals surface area (Å²) in [6.07, 6.45) is 2.20. The number of hydrogen-bond donors (Lipinski definition) is 2. The van der Waals surface area contributed by atoms with Crippen molar-refractivity contribution in [2.75, 3.05) is 0 Å². The molecule has 19 heavy (non-hydrogen) atoms. The molecule has 2 aliphatic carbocycles. The van der Waals surface area contributed by atoms with Crippen molar-refractivity contribution in [2.24, 2.45) is 17.3 Å². The number of carbonyl (C=O) groups excluding carboxylic acids is 1. The minimum Gasteiger partial charge on any atom is -0.458 e. The molecule has 4 nitrogen and oxygen atoms in total. The van der Waals surface area contributed by atoms with Crippen molar-refractivity contribution in [3.63, 3.8) is 0 Å². The average molecular weight is 266 g/mol. The summed E-state index contributed by atoms with van der Waals surface area (Å²) >= 11 is 0. The van der Waals surface area contributed by atoms with Gasteiger partial charge in [0.25, 0.3) is 0 Å². The number of fused-ring (bicyclic) bond motifs is 3. The van der Waals surface area contributed by atoms with E-state index in [1.165, 1.54) is 0 Å². The third-order valence-electron chi connectivity index (χ3n) is 5.53. The highest BCUT2D eigenvalue weighted by atomic mass is 16.6. The Balaban J connectivity index is 2.05. The van der Waals surface area contributed by atoms with Crippen molar-refractivity contribution in [1.82, 2.24) is 0 Å². The highest BCUT2D eigenvalue weighted by Crippen LogP contribution is 2.58. The van der Waals surface area contributed by atoms with Gasteiger partial charge in [0.15, 0.2) is 0 Å². The maximum Gasteiger partial charge on any atom is 0.334 e. The van der Waals surface area contributed by atoms with E-state index in [9.17, 15) is 15.0 Å². The van der Waals surface area contributed by atoms with Crippen LogP contribution in [0, 0.1) is 17.3 Å².